The molecule has 0 aliphatic carbocycles. The number of aromatic nitrogens is 1. The van der Waals surface area contributed by atoms with Crippen LogP contribution >= 0.6 is 0 Å². The normalized spacial score (nSPS) is 23.6. The van der Waals surface area contributed by atoms with E-state index in [9.17, 15) is 4.79 Å². The maximum Gasteiger partial charge on any atom is 0.245 e. The van der Waals surface area contributed by atoms with Crippen LogP contribution in [0.3, 0.4) is 0 Å². The summed E-state index contributed by atoms with van der Waals surface area (Å²) in [6, 6.07) is 5.64. The van der Waals surface area contributed by atoms with Crippen molar-refractivity contribution >= 4 is 5.91 Å². The minimum Gasteiger partial charge on any atom is -0.379 e. The lowest BCUT2D eigenvalue weighted by molar-refractivity contribution is -0.136. The lowest BCUT2D eigenvalue weighted by atomic mass is 9.98. The highest BCUT2D eigenvalue weighted by atomic mass is 16.5. The van der Waals surface area contributed by atoms with Crippen molar-refractivity contribution in [3.8, 4) is 0 Å². The number of carbonyl (C=O) groups excluding carboxylic acids is 1. The summed E-state index contributed by atoms with van der Waals surface area (Å²) in [4.78, 5) is 18.0. The first-order valence-corrected chi connectivity index (χ1v) is 5.64. The van der Waals surface area contributed by atoms with Gasteiger partial charge in [0.25, 0.3) is 0 Å². The average Bonchev–Trinajstić information content (AvgIpc) is 2.78. The van der Waals surface area contributed by atoms with Crippen LogP contribution in [0.15, 0.2) is 24.4 Å². The van der Waals surface area contributed by atoms with E-state index in [0.717, 1.165) is 5.69 Å². The van der Waals surface area contributed by atoms with Gasteiger partial charge in [-0.25, -0.2) is 0 Å². The van der Waals surface area contributed by atoms with Gasteiger partial charge in [-0.2, -0.15) is 0 Å². The van der Waals surface area contributed by atoms with Crippen LogP contribution in [0.1, 0.15) is 12.1 Å². The molecule has 92 valence electrons. The zero-order chi connectivity index (χ0) is 12.3. The average molecular weight is 235 g/mol. The van der Waals surface area contributed by atoms with Gasteiger partial charge in [0, 0.05) is 19.9 Å². The van der Waals surface area contributed by atoms with Crippen LogP contribution in [0.4, 0.5) is 0 Å². The number of hydrogen-bond acceptors (Lipinski definition) is 4. The summed E-state index contributed by atoms with van der Waals surface area (Å²) >= 11 is 0. The lowest BCUT2D eigenvalue weighted by Gasteiger charge is -2.27. The fourth-order valence-electron chi connectivity index (χ4n) is 1.94. The SMILES string of the molecule is CN(Cc1ccccn1)C(=O)C1(N)CCOC1. The molecule has 2 rings (SSSR count). The number of pyridine rings is 1. The van der Waals surface area contributed by atoms with E-state index in [1.807, 2.05) is 18.2 Å². The smallest absolute Gasteiger partial charge is 0.245 e. The van der Waals surface area contributed by atoms with E-state index < -0.39 is 5.54 Å². The summed E-state index contributed by atoms with van der Waals surface area (Å²) in [6.45, 7) is 1.33. The topological polar surface area (TPSA) is 68.5 Å². The van der Waals surface area contributed by atoms with Crippen molar-refractivity contribution in [2.45, 2.75) is 18.5 Å². The van der Waals surface area contributed by atoms with Crippen molar-refractivity contribution in [1.82, 2.24) is 9.88 Å². The lowest BCUT2D eigenvalue weighted by Crippen LogP contribution is -2.54. The van der Waals surface area contributed by atoms with Gasteiger partial charge in [0.2, 0.25) is 5.91 Å². The molecule has 1 fully saturated rings. The third-order valence-electron chi connectivity index (χ3n) is 2.95. The molecule has 5 nitrogen and oxygen atoms in total. The molecule has 1 aliphatic rings. The van der Waals surface area contributed by atoms with Gasteiger partial charge < -0.3 is 15.4 Å². The molecule has 1 atom stereocenters. The Kier molecular flexibility index (Phi) is 3.40. The number of hydrogen-bond donors (Lipinski definition) is 1. The van der Waals surface area contributed by atoms with Crippen LogP contribution in [0.2, 0.25) is 0 Å². The van der Waals surface area contributed by atoms with Gasteiger partial charge in [-0.1, -0.05) is 6.07 Å². The Morgan fingerprint density at radius 3 is 3.06 bits per heavy atom. The second-order valence-electron chi connectivity index (χ2n) is 4.44. The van der Waals surface area contributed by atoms with Gasteiger partial charge >= 0.3 is 0 Å². The molecule has 0 spiro atoms. The van der Waals surface area contributed by atoms with Crippen molar-refractivity contribution in [2.75, 3.05) is 20.3 Å². The second kappa shape index (κ2) is 4.81. The van der Waals surface area contributed by atoms with Crippen LogP contribution in [0.25, 0.3) is 0 Å². The van der Waals surface area contributed by atoms with Crippen LogP contribution in [0, 0.1) is 0 Å². The minimum absolute atomic E-state index is 0.0827. The summed E-state index contributed by atoms with van der Waals surface area (Å²) in [5.74, 6) is -0.0827. The van der Waals surface area contributed by atoms with Crippen molar-refractivity contribution in [3.05, 3.63) is 30.1 Å². The van der Waals surface area contributed by atoms with Gasteiger partial charge in [-0.3, -0.25) is 9.78 Å². The highest BCUT2D eigenvalue weighted by Crippen LogP contribution is 2.18. The number of amides is 1. The molecule has 5 heteroatoms. The third kappa shape index (κ3) is 2.62. The number of ether oxygens (including phenoxy) is 1. The van der Waals surface area contributed by atoms with E-state index in [4.69, 9.17) is 10.5 Å². The molecule has 1 saturated heterocycles. The number of carbonyl (C=O) groups is 1. The quantitative estimate of drug-likeness (QED) is 0.810. The Bertz CT molecular complexity index is 388. The Morgan fingerprint density at radius 2 is 2.47 bits per heavy atom. The zero-order valence-electron chi connectivity index (χ0n) is 9.93. The van der Waals surface area contributed by atoms with E-state index in [1.54, 1.807) is 18.1 Å². The summed E-state index contributed by atoms with van der Waals surface area (Å²) in [6.07, 6.45) is 2.29. The molecule has 1 aromatic heterocycles. The van der Waals surface area contributed by atoms with Gasteiger partial charge in [0.05, 0.1) is 18.8 Å². The number of nitrogens with two attached hydrogens (primary N) is 1. The predicted molar refractivity (Wildman–Crippen MR) is 63.1 cm³/mol. The van der Waals surface area contributed by atoms with Crippen LogP contribution in [-0.2, 0) is 16.1 Å². The van der Waals surface area contributed by atoms with Crippen molar-refractivity contribution in [2.24, 2.45) is 5.73 Å². The van der Waals surface area contributed by atoms with Crippen molar-refractivity contribution < 1.29 is 9.53 Å². The third-order valence-corrected chi connectivity index (χ3v) is 2.95. The first-order valence-electron chi connectivity index (χ1n) is 5.64. The Balaban J connectivity index is 2.00. The standard InChI is InChI=1S/C12H17N3O2/c1-15(8-10-4-2-3-6-14-10)11(16)12(13)5-7-17-9-12/h2-4,6H,5,7-9,13H2,1H3. The molecule has 2 heterocycles. The van der Waals surface area contributed by atoms with E-state index in [2.05, 4.69) is 4.98 Å². The molecule has 0 aromatic carbocycles. The molecular formula is C12H17N3O2. The monoisotopic (exact) mass is 235 g/mol. The molecule has 1 amide bonds. The van der Waals surface area contributed by atoms with Gasteiger partial charge in [-0.05, 0) is 18.6 Å². The van der Waals surface area contributed by atoms with Gasteiger partial charge in [-0.15, -0.1) is 0 Å². The summed E-state index contributed by atoms with van der Waals surface area (Å²) in [7, 11) is 1.74. The number of nitrogens with zero attached hydrogens (tertiary/aromatic N) is 2. The molecule has 0 bridgehead atoms. The molecular weight excluding hydrogens is 218 g/mol. The van der Waals surface area contributed by atoms with E-state index in [1.165, 1.54) is 0 Å². The fraction of sp³-hybridized carbons (Fsp3) is 0.500. The maximum atomic E-state index is 12.2. The first-order chi connectivity index (χ1) is 8.12. The Labute approximate surface area is 101 Å². The Hall–Kier alpha value is -1.46. The second-order valence-corrected chi connectivity index (χ2v) is 4.44. The van der Waals surface area contributed by atoms with Crippen LogP contribution in [0.5, 0.6) is 0 Å². The van der Waals surface area contributed by atoms with Gasteiger partial charge in [0.15, 0.2) is 0 Å². The van der Waals surface area contributed by atoms with Crippen LogP contribution < -0.4 is 5.73 Å². The number of likely N-dealkylation sites (N-methyl/N-ethyl adjacent to an activating group) is 1. The molecule has 1 aromatic rings. The predicted octanol–water partition coefficient (Wildman–Crippen LogP) is 0.158. The summed E-state index contributed by atoms with van der Waals surface area (Å²) in [5, 5.41) is 0. The van der Waals surface area contributed by atoms with Gasteiger partial charge in [0.1, 0.15) is 5.54 Å². The highest BCUT2D eigenvalue weighted by molar-refractivity contribution is 5.86. The molecule has 0 radical (unpaired) electrons. The maximum absolute atomic E-state index is 12.2. The van der Waals surface area contributed by atoms with E-state index in [0.29, 0.717) is 26.2 Å². The Morgan fingerprint density at radius 1 is 1.65 bits per heavy atom. The molecule has 1 aliphatic heterocycles. The molecule has 0 saturated carbocycles. The molecule has 2 N–H and O–H groups in total. The van der Waals surface area contributed by atoms with E-state index >= 15 is 0 Å². The molecule has 17 heavy (non-hydrogen) atoms. The largest absolute Gasteiger partial charge is 0.379 e. The fourth-order valence-corrected chi connectivity index (χ4v) is 1.94. The number of rotatable bonds is 3. The van der Waals surface area contributed by atoms with Crippen molar-refractivity contribution in [1.29, 1.82) is 0 Å². The van der Waals surface area contributed by atoms with Crippen molar-refractivity contribution in [3.63, 3.8) is 0 Å². The highest BCUT2D eigenvalue weighted by Gasteiger charge is 2.40. The zero-order valence-corrected chi connectivity index (χ0v) is 9.93. The summed E-state index contributed by atoms with van der Waals surface area (Å²) in [5.41, 5.74) is 6.02. The first kappa shape index (κ1) is 12.0. The van der Waals surface area contributed by atoms with E-state index in [-0.39, 0.29) is 5.91 Å². The molecule has 1 unspecified atom stereocenters. The minimum atomic E-state index is -0.858. The summed E-state index contributed by atoms with van der Waals surface area (Å²) < 4.78 is 5.19. The van der Waals surface area contributed by atoms with Crippen LogP contribution in [-0.4, -0.2) is 41.6 Å².